The number of morpholine rings is 3. The number of carbonyl (C=O) groups is 9. The molecule has 4 aliphatic rings. The highest BCUT2D eigenvalue weighted by molar-refractivity contribution is 6.32. The van der Waals surface area contributed by atoms with E-state index in [-0.39, 0.29) is 116 Å². The lowest BCUT2D eigenvalue weighted by Crippen LogP contribution is -2.51. The first-order valence-electron chi connectivity index (χ1n) is 41.0. The van der Waals surface area contributed by atoms with Crippen LogP contribution in [0.4, 0.5) is 71.3 Å². The molecule has 0 spiro atoms. The molecule has 4 aliphatic heterocycles. The average molecular weight is 1980 g/mol. The van der Waals surface area contributed by atoms with Gasteiger partial charge in [-0.2, -0.15) is 0 Å². The third-order valence-corrected chi connectivity index (χ3v) is 20.2. The van der Waals surface area contributed by atoms with E-state index in [9.17, 15) is 56.3 Å². The number of anilines is 6. The maximum Gasteiger partial charge on any atom is 0.316 e. The van der Waals surface area contributed by atoms with Crippen molar-refractivity contribution < 1.29 is 109 Å². The number of phenols is 1. The minimum atomic E-state index is -0.969. The van der Waals surface area contributed by atoms with Crippen LogP contribution in [0.3, 0.4) is 0 Å². The summed E-state index contributed by atoms with van der Waals surface area (Å²) in [7, 11) is 3.06. The third kappa shape index (κ3) is 42.0. The number of carboxylic acid groups (broad SMARTS) is 1. The Bertz CT molecular complexity index is 5190. The molecule has 0 aliphatic carbocycles. The number of nitrogens with one attached hydrogen (secondary N) is 6. The van der Waals surface area contributed by atoms with Gasteiger partial charge in [-0.1, -0.05) is 106 Å². The number of aliphatic carboxylic acids is 1. The number of ether oxygens (including phenoxy) is 9. The van der Waals surface area contributed by atoms with Gasteiger partial charge in [0.2, 0.25) is 11.8 Å². The summed E-state index contributed by atoms with van der Waals surface area (Å²) in [5.41, 5.74) is 35.9. The zero-order valence-electron chi connectivity index (χ0n) is 73.3. The highest BCUT2D eigenvalue weighted by Crippen LogP contribution is 2.34. The summed E-state index contributed by atoms with van der Waals surface area (Å²) >= 11 is 34.6. The Morgan fingerprint density at radius 2 is 0.731 bits per heavy atom. The van der Waals surface area contributed by atoms with Crippen LogP contribution in [-0.4, -0.2) is 190 Å². The molecule has 0 unspecified atom stereocenters. The van der Waals surface area contributed by atoms with Crippen molar-refractivity contribution in [3.63, 3.8) is 0 Å². The van der Waals surface area contributed by atoms with Crippen LogP contribution in [-0.2, 0) is 57.4 Å². The minimum Gasteiger partial charge on any atom is -0.506 e. The van der Waals surface area contributed by atoms with Crippen LogP contribution in [0.2, 0.25) is 30.1 Å². The second-order valence-electron chi connectivity index (χ2n) is 29.4. The number of aromatic hydroxyl groups is 1. The molecule has 20 N–H and O–H groups in total. The van der Waals surface area contributed by atoms with E-state index in [0.717, 1.165) is 36.3 Å². The molecule has 0 aromatic heterocycles. The summed E-state index contributed by atoms with van der Waals surface area (Å²) in [5.74, 6) is 0.267. The number of hydrogen-bond donors (Lipinski definition) is 14. The maximum absolute atomic E-state index is 13.1. The van der Waals surface area contributed by atoms with Gasteiger partial charge in [0.05, 0.1) is 144 Å². The van der Waals surface area contributed by atoms with Crippen LogP contribution in [0, 0.1) is 17.5 Å². The molecule has 12 amide bonds. The predicted octanol–water partition coefficient (Wildman–Crippen LogP) is 15.9. The summed E-state index contributed by atoms with van der Waals surface area (Å²) < 4.78 is 87.0. The molecule has 43 heteroatoms. The highest BCUT2D eigenvalue weighted by atomic mass is 35.5. The van der Waals surface area contributed by atoms with Gasteiger partial charge < -0.3 is 129 Å². The number of urea groups is 5. The lowest BCUT2D eigenvalue weighted by atomic mass is 10.0. The highest BCUT2D eigenvalue weighted by Gasteiger charge is 2.32. The summed E-state index contributed by atoms with van der Waals surface area (Å²) in [6, 6.07) is 44.2. The van der Waals surface area contributed by atoms with E-state index in [1.165, 1.54) is 86.0 Å². The molecular formula is C91H105Cl6F3N14O20. The standard InChI is InChI=1S/2C22H25ClFN3O4.C12H16FNO.C10H11ClN2O4.C8H9ClN2O2.C7H7ClN2O2.C7H8ClNO.C3H4O2/c2*1-14-13-31-18(10-15-2-5-17(24)6-3-15)12-27(14)21(28)8-9-30-20-7-4-16(23)11-19(20)26-22(25)29;1-9-8-15-12(7-14-9)6-10-2-4-11(13)5-3-10;11-6-1-2-8(17-4-3-9(14)15)7(5-6)13-10(12)16;1-13-7-3-2-5(9)4-6(7)11-8(10)12;8-4-1-2-6(11)5(3-4)10-7(9)12;1-10-7-3-2-5(8)4-6(7)9;4-3-1-2-5-3/h2*2-7,11,14,18H,8-10,12-13H2,1H3,(H3,25,26,29);2-5,9,12,14H,6-8H2,1H3;1-2,5H,3-4H2,(H,14,15)(H3,12,13,16);2-4H,1H3,(H3,10,11,12);1-3,11H,(H3,9,10,12);2-4H,9H2,1H3;1-2H2/t14-,18+;14-,18-;9-,12-;;;;;/m000...../s1. The van der Waals surface area contributed by atoms with Crippen LogP contribution in [0.5, 0.6) is 34.5 Å². The van der Waals surface area contributed by atoms with Gasteiger partial charge in [-0.05, 0) is 189 Å². The molecule has 6 atom stereocenters. The number of halogens is 9. The molecule has 4 heterocycles. The molecule has 34 nitrogen and oxygen atoms in total. The number of amides is 12. The van der Waals surface area contributed by atoms with Crippen LogP contribution in [0.1, 0.15) is 63.1 Å². The van der Waals surface area contributed by atoms with Gasteiger partial charge in [0.15, 0.2) is 0 Å². The number of esters is 1. The molecule has 0 bridgehead atoms. The molecule has 4 fully saturated rings. The number of carboxylic acids is 1. The molecule has 4 saturated heterocycles. The van der Waals surface area contributed by atoms with Crippen LogP contribution < -0.4 is 90.0 Å². The first-order chi connectivity index (χ1) is 63.7. The van der Waals surface area contributed by atoms with Crippen LogP contribution in [0.25, 0.3) is 0 Å². The molecule has 9 aromatic rings. The number of nitrogens with zero attached hydrogens (tertiary/aromatic N) is 2. The van der Waals surface area contributed by atoms with Crippen molar-refractivity contribution in [1.29, 1.82) is 0 Å². The Hall–Kier alpha value is -12.8. The first kappa shape index (κ1) is 110. The summed E-state index contributed by atoms with van der Waals surface area (Å²) in [4.78, 5) is 103. The van der Waals surface area contributed by atoms with Crippen molar-refractivity contribution in [3.05, 3.63) is 246 Å². The summed E-state index contributed by atoms with van der Waals surface area (Å²) in [5, 5.41) is 35.6. The van der Waals surface area contributed by atoms with E-state index < -0.39 is 36.1 Å². The van der Waals surface area contributed by atoms with Gasteiger partial charge in [-0.25, -0.2) is 37.1 Å². The normalized spacial score (nSPS) is 16.0. The van der Waals surface area contributed by atoms with Crippen molar-refractivity contribution in [1.82, 2.24) is 15.1 Å². The number of primary amides is 5. The number of carbonyl (C=O) groups excluding carboxylic acids is 8. The van der Waals surface area contributed by atoms with Crippen LogP contribution in [0.15, 0.2) is 182 Å². The fourth-order valence-electron chi connectivity index (χ4n) is 12.2. The second kappa shape index (κ2) is 57.6. The van der Waals surface area contributed by atoms with Gasteiger partial charge in [-0.15, -0.1) is 0 Å². The van der Waals surface area contributed by atoms with Gasteiger partial charge in [0, 0.05) is 68.7 Å². The van der Waals surface area contributed by atoms with E-state index in [1.54, 1.807) is 108 Å². The van der Waals surface area contributed by atoms with Crippen molar-refractivity contribution in [2.75, 3.05) is 112 Å². The molecular weight excluding hydrogens is 1880 g/mol. The molecule has 13 rings (SSSR count). The van der Waals surface area contributed by atoms with Crippen LogP contribution >= 0.6 is 69.6 Å². The SMILES string of the molecule is COc1ccc(Cl)cc1N.COc1ccc(Cl)cc1NC(N)=O.C[C@H]1CO[C@@H](Cc2ccc(F)cc2)CN1.C[C@H]1CO[C@@H](Cc2ccc(F)cc2)CN1C(=O)CCOc1ccc(Cl)cc1NC(N)=O.C[C@H]1CO[C@H](Cc2ccc(F)cc2)CN1C(=O)CCOc1ccc(Cl)cc1NC(N)=O.NC(=O)Nc1cc(Cl)ccc1O.NC(=O)Nc1cc(Cl)ccc1OCCC(=O)O.O=C1CCO1. The molecule has 0 saturated carbocycles. The van der Waals surface area contributed by atoms with E-state index in [1.807, 2.05) is 26.0 Å². The summed E-state index contributed by atoms with van der Waals surface area (Å²) in [6.07, 6.45) is 2.74. The van der Waals surface area contributed by atoms with E-state index in [2.05, 4.69) is 43.6 Å². The largest absolute Gasteiger partial charge is 0.506 e. The molecule has 134 heavy (non-hydrogen) atoms. The van der Waals surface area contributed by atoms with E-state index in [4.69, 9.17) is 152 Å². The number of nitrogen functional groups attached to an aromatic ring is 1. The zero-order chi connectivity index (χ0) is 98.5. The lowest BCUT2D eigenvalue weighted by molar-refractivity contribution is -0.157. The van der Waals surface area contributed by atoms with Gasteiger partial charge >= 0.3 is 42.1 Å². The van der Waals surface area contributed by atoms with E-state index >= 15 is 0 Å². The van der Waals surface area contributed by atoms with Crippen molar-refractivity contribution in [2.45, 2.75) is 102 Å². The number of cyclic esters (lactones) is 1. The number of nitrogens with two attached hydrogens (primary N) is 6. The second-order valence-corrected chi connectivity index (χ2v) is 32.0. The number of hydrogen-bond acceptors (Lipinski definition) is 21. The number of methoxy groups -OCH3 is 2. The Morgan fingerprint density at radius 1 is 0.433 bits per heavy atom. The molecule has 722 valence electrons. The average Bonchev–Trinajstić information content (AvgIpc) is 0.839. The molecule has 0 radical (unpaired) electrons. The summed E-state index contributed by atoms with van der Waals surface area (Å²) in [6.45, 7) is 10.2. The van der Waals surface area contributed by atoms with Gasteiger partial charge in [-0.3, -0.25) is 19.2 Å². The quantitative estimate of drug-likeness (QED) is 0.0144. The number of rotatable bonds is 25. The monoisotopic (exact) mass is 1980 g/mol. The van der Waals surface area contributed by atoms with Crippen molar-refractivity contribution >= 4 is 158 Å². The van der Waals surface area contributed by atoms with Gasteiger partial charge in [0.25, 0.3) is 0 Å². The zero-order valence-corrected chi connectivity index (χ0v) is 77.8. The minimum absolute atomic E-state index is 0.00952. The Labute approximate surface area is 801 Å². The topological polar surface area (TPSA) is 512 Å². The Morgan fingerprint density at radius 3 is 1.04 bits per heavy atom. The fraction of sp³-hybridized carbons (Fsp3) is 0.308. The van der Waals surface area contributed by atoms with Crippen molar-refractivity contribution in [3.8, 4) is 34.5 Å². The Kier molecular flexibility index (Phi) is 47.2. The third-order valence-electron chi connectivity index (χ3n) is 18.8. The fourth-order valence-corrected chi connectivity index (χ4v) is 13.3. The van der Waals surface area contributed by atoms with Gasteiger partial charge in [0.1, 0.15) is 58.6 Å². The number of benzene rings is 9. The Balaban J connectivity index is 0.000000247. The number of phenolic OH excluding ortho intramolecular Hbond substituents is 1. The predicted molar refractivity (Wildman–Crippen MR) is 507 cm³/mol. The molecule has 9 aromatic carbocycles. The lowest BCUT2D eigenvalue weighted by Gasteiger charge is -2.38. The van der Waals surface area contributed by atoms with E-state index in [0.29, 0.717) is 146 Å². The van der Waals surface area contributed by atoms with Crippen molar-refractivity contribution in [2.24, 2.45) is 28.7 Å². The smallest absolute Gasteiger partial charge is 0.316 e. The maximum atomic E-state index is 13.1. The first-order valence-corrected chi connectivity index (χ1v) is 43.3.